The van der Waals surface area contributed by atoms with E-state index >= 15 is 0 Å². The fourth-order valence-corrected chi connectivity index (χ4v) is 3.00. The van der Waals surface area contributed by atoms with Crippen LogP contribution >= 0.6 is 23.1 Å². The molecule has 1 aromatic heterocycles. The fraction of sp³-hybridized carbons (Fsp3) is 0.250. The SMILES string of the molecule is Cc1ccc(F)c(NC(=O)CSc2nnc(C)s2)c1. The third-order valence-electron chi connectivity index (χ3n) is 2.23. The Hall–Kier alpha value is -1.47. The second-order valence-electron chi connectivity index (χ2n) is 3.91. The highest BCUT2D eigenvalue weighted by molar-refractivity contribution is 8.01. The number of anilines is 1. The Bertz CT molecular complexity index is 600. The minimum atomic E-state index is -0.435. The second-order valence-corrected chi connectivity index (χ2v) is 6.31. The molecule has 0 aliphatic rings. The van der Waals surface area contributed by atoms with Gasteiger partial charge in [-0.1, -0.05) is 29.2 Å². The highest BCUT2D eigenvalue weighted by atomic mass is 32.2. The van der Waals surface area contributed by atoms with Crippen molar-refractivity contribution in [1.82, 2.24) is 10.2 Å². The summed E-state index contributed by atoms with van der Waals surface area (Å²) in [7, 11) is 0. The van der Waals surface area contributed by atoms with E-state index in [9.17, 15) is 9.18 Å². The lowest BCUT2D eigenvalue weighted by Crippen LogP contribution is -2.15. The normalized spacial score (nSPS) is 10.5. The van der Waals surface area contributed by atoms with E-state index < -0.39 is 5.82 Å². The molecule has 1 heterocycles. The van der Waals surface area contributed by atoms with Crippen molar-refractivity contribution in [3.63, 3.8) is 0 Å². The number of halogens is 1. The first kappa shape index (κ1) is 14.0. The molecule has 100 valence electrons. The summed E-state index contributed by atoms with van der Waals surface area (Å²) in [5.74, 6) is -0.514. The molecule has 0 spiro atoms. The van der Waals surface area contributed by atoms with Gasteiger partial charge in [0, 0.05) is 0 Å². The first-order chi connectivity index (χ1) is 9.04. The van der Waals surface area contributed by atoms with Crippen molar-refractivity contribution in [3.05, 3.63) is 34.6 Å². The Balaban J connectivity index is 1.92. The van der Waals surface area contributed by atoms with Crippen molar-refractivity contribution in [2.75, 3.05) is 11.1 Å². The lowest BCUT2D eigenvalue weighted by molar-refractivity contribution is -0.113. The number of rotatable bonds is 4. The molecule has 4 nitrogen and oxygen atoms in total. The molecule has 19 heavy (non-hydrogen) atoms. The van der Waals surface area contributed by atoms with Gasteiger partial charge in [0.1, 0.15) is 10.8 Å². The number of amides is 1. The molecule has 0 saturated carbocycles. The maximum atomic E-state index is 13.5. The first-order valence-corrected chi connectivity index (χ1v) is 7.34. The number of hydrogen-bond donors (Lipinski definition) is 1. The van der Waals surface area contributed by atoms with Crippen LogP contribution in [0.5, 0.6) is 0 Å². The smallest absolute Gasteiger partial charge is 0.234 e. The molecule has 0 aliphatic carbocycles. The van der Waals surface area contributed by atoms with Crippen molar-refractivity contribution in [2.45, 2.75) is 18.2 Å². The summed E-state index contributed by atoms with van der Waals surface area (Å²) in [6.07, 6.45) is 0. The summed E-state index contributed by atoms with van der Waals surface area (Å²) in [5.41, 5.74) is 1.10. The van der Waals surface area contributed by atoms with Gasteiger partial charge >= 0.3 is 0 Å². The van der Waals surface area contributed by atoms with Crippen LogP contribution in [0.25, 0.3) is 0 Å². The molecule has 7 heteroatoms. The van der Waals surface area contributed by atoms with Crippen molar-refractivity contribution >= 4 is 34.7 Å². The Labute approximate surface area is 118 Å². The average molecular weight is 297 g/mol. The molecule has 0 radical (unpaired) electrons. The van der Waals surface area contributed by atoms with Crippen molar-refractivity contribution in [3.8, 4) is 0 Å². The van der Waals surface area contributed by atoms with E-state index in [1.165, 1.54) is 29.2 Å². The number of nitrogens with zero attached hydrogens (tertiary/aromatic N) is 2. The van der Waals surface area contributed by atoms with Crippen LogP contribution in [0.4, 0.5) is 10.1 Å². The molecule has 1 N–H and O–H groups in total. The van der Waals surface area contributed by atoms with Gasteiger partial charge in [-0.05, 0) is 31.5 Å². The summed E-state index contributed by atoms with van der Waals surface area (Å²) >= 11 is 2.72. The number of hydrogen-bond acceptors (Lipinski definition) is 5. The Morgan fingerprint density at radius 3 is 2.89 bits per heavy atom. The zero-order chi connectivity index (χ0) is 13.8. The first-order valence-electron chi connectivity index (χ1n) is 5.53. The predicted molar refractivity (Wildman–Crippen MR) is 75.1 cm³/mol. The molecule has 2 aromatic rings. The summed E-state index contributed by atoms with van der Waals surface area (Å²) < 4.78 is 14.2. The Kier molecular flexibility index (Phi) is 4.49. The van der Waals surface area contributed by atoms with Gasteiger partial charge in [-0.25, -0.2) is 4.39 Å². The number of thioether (sulfide) groups is 1. The predicted octanol–water partition coefficient (Wildman–Crippen LogP) is 3.02. The molecule has 0 bridgehead atoms. The largest absolute Gasteiger partial charge is 0.323 e. The summed E-state index contributed by atoms with van der Waals surface area (Å²) in [6.45, 7) is 3.69. The third-order valence-corrected chi connectivity index (χ3v) is 4.20. The molecule has 0 atom stereocenters. The molecule has 0 aliphatic heterocycles. The molecule has 0 saturated heterocycles. The summed E-state index contributed by atoms with van der Waals surface area (Å²) in [4.78, 5) is 11.7. The number of carbonyl (C=O) groups excluding carboxylic acids is 1. The zero-order valence-corrected chi connectivity index (χ0v) is 12.1. The molecule has 1 amide bonds. The Morgan fingerprint density at radius 2 is 2.21 bits per heavy atom. The van der Waals surface area contributed by atoms with Gasteiger partial charge in [-0.3, -0.25) is 4.79 Å². The maximum Gasteiger partial charge on any atom is 0.234 e. The van der Waals surface area contributed by atoms with Gasteiger partial charge in [0.25, 0.3) is 0 Å². The monoisotopic (exact) mass is 297 g/mol. The number of aromatic nitrogens is 2. The van der Waals surface area contributed by atoms with E-state index in [1.54, 1.807) is 12.1 Å². The molecule has 1 aromatic carbocycles. The summed E-state index contributed by atoms with van der Waals surface area (Å²) in [5, 5.41) is 11.2. The van der Waals surface area contributed by atoms with Crippen LogP contribution in [0.15, 0.2) is 22.5 Å². The highest BCUT2D eigenvalue weighted by Crippen LogP contribution is 2.22. The van der Waals surface area contributed by atoms with Crippen LogP contribution in [0.3, 0.4) is 0 Å². The van der Waals surface area contributed by atoms with Gasteiger partial charge in [0.05, 0.1) is 11.4 Å². The molecular weight excluding hydrogens is 285 g/mol. The Morgan fingerprint density at radius 1 is 1.42 bits per heavy atom. The quantitative estimate of drug-likeness (QED) is 0.881. The van der Waals surface area contributed by atoms with E-state index in [0.717, 1.165) is 14.9 Å². The van der Waals surface area contributed by atoms with Crippen LogP contribution < -0.4 is 5.32 Å². The van der Waals surface area contributed by atoms with E-state index in [0.29, 0.717) is 0 Å². The van der Waals surface area contributed by atoms with E-state index in [1.807, 2.05) is 13.8 Å². The molecular formula is C12H12FN3OS2. The van der Waals surface area contributed by atoms with Crippen molar-refractivity contribution in [2.24, 2.45) is 0 Å². The number of carbonyl (C=O) groups is 1. The number of nitrogens with one attached hydrogen (secondary N) is 1. The lowest BCUT2D eigenvalue weighted by Gasteiger charge is -2.06. The van der Waals surface area contributed by atoms with Crippen LogP contribution in [0.1, 0.15) is 10.6 Å². The highest BCUT2D eigenvalue weighted by Gasteiger charge is 2.09. The molecule has 2 rings (SSSR count). The third kappa shape index (κ3) is 4.00. The summed E-state index contributed by atoms with van der Waals surface area (Å²) in [6, 6.07) is 4.60. The molecule has 0 fully saturated rings. The zero-order valence-electron chi connectivity index (χ0n) is 10.4. The van der Waals surface area contributed by atoms with Crippen LogP contribution in [0, 0.1) is 19.7 Å². The van der Waals surface area contributed by atoms with Crippen molar-refractivity contribution in [1.29, 1.82) is 0 Å². The van der Waals surface area contributed by atoms with Gasteiger partial charge in [0.15, 0.2) is 4.34 Å². The van der Waals surface area contributed by atoms with Gasteiger partial charge in [0.2, 0.25) is 5.91 Å². The van der Waals surface area contributed by atoms with E-state index in [2.05, 4.69) is 15.5 Å². The van der Waals surface area contributed by atoms with Crippen LogP contribution in [0.2, 0.25) is 0 Å². The second kappa shape index (κ2) is 6.12. The maximum absolute atomic E-state index is 13.5. The van der Waals surface area contributed by atoms with Gasteiger partial charge in [-0.15, -0.1) is 10.2 Å². The van der Waals surface area contributed by atoms with Crippen LogP contribution in [-0.2, 0) is 4.79 Å². The fourth-order valence-electron chi connectivity index (χ4n) is 1.39. The van der Waals surface area contributed by atoms with Gasteiger partial charge < -0.3 is 5.32 Å². The van der Waals surface area contributed by atoms with Crippen LogP contribution in [-0.4, -0.2) is 21.9 Å². The van der Waals surface area contributed by atoms with Gasteiger partial charge in [-0.2, -0.15) is 0 Å². The number of aryl methyl sites for hydroxylation is 2. The van der Waals surface area contributed by atoms with Crippen molar-refractivity contribution < 1.29 is 9.18 Å². The topological polar surface area (TPSA) is 54.9 Å². The van der Waals surface area contributed by atoms with E-state index in [4.69, 9.17) is 0 Å². The minimum absolute atomic E-state index is 0.183. The standard InChI is InChI=1S/C12H12FN3OS2/c1-7-3-4-9(13)10(5-7)14-11(17)6-18-12-16-15-8(2)19-12/h3-5H,6H2,1-2H3,(H,14,17). The minimum Gasteiger partial charge on any atom is -0.323 e. The average Bonchev–Trinajstić information content (AvgIpc) is 2.77. The number of benzene rings is 1. The molecule has 0 unspecified atom stereocenters. The lowest BCUT2D eigenvalue weighted by atomic mass is 10.2. The van der Waals surface area contributed by atoms with E-state index in [-0.39, 0.29) is 17.3 Å².